The van der Waals surface area contributed by atoms with Gasteiger partial charge in [-0.1, -0.05) is 13.8 Å². The number of nitriles is 1. The molecule has 1 amide bonds. The number of hydrogen-bond donors (Lipinski definition) is 1. The molecule has 0 aromatic carbocycles. The first-order chi connectivity index (χ1) is 14.0. The van der Waals surface area contributed by atoms with Crippen molar-refractivity contribution >= 4 is 27.8 Å². The summed E-state index contributed by atoms with van der Waals surface area (Å²) < 4.78 is 30.0. The molecular weight excluding hydrogens is 406 g/mol. The van der Waals surface area contributed by atoms with Gasteiger partial charge in [-0.2, -0.15) is 5.26 Å². The Morgan fingerprint density at radius 2 is 2.10 bits per heavy atom. The van der Waals surface area contributed by atoms with Crippen molar-refractivity contribution in [1.29, 1.82) is 5.26 Å². The Balaban J connectivity index is 1.99. The highest BCUT2D eigenvalue weighted by Crippen LogP contribution is 2.20. The first-order valence-electron chi connectivity index (χ1n) is 9.98. The highest BCUT2D eigenvalue weighted by molar-refractivity contribution is 7.91. The van der Waals surface area contributed by atoms with Crippen molar-refractivity contribution in [3.8, 4) is 6.07 Å². The van der Waals surface area contributed by atoms with Gasteiger partial charge in [0.2, 0.25) is 0 Å². The Morgan fingerprint density at radius 1 is 1.40 bits per heavy atom. The summed E-state index contributed by atoms with van der Waals surface area (Å²) in [6.45, 7) is 8.50. The Labute approximate surface area is 177 Å². The molecule has 8 nitrogen and oxygen atoms in total. The predicted octanol–water partition coefficient (Wildman–Crippen LogP) is 1.90. The third-order valence-electron chi connectivity index (χ3n) is 5.11. The largest absolute Gasteiger partial charge is 0.451 e. The molecule has 1 atom stereocenters. The summed E-state index contributed by atoms with van der Waals surface area (Å²) in [4.78, 5) is 24.2. The molecule has 2 rings (SSSR count). The number of sulfone groups is 1. The molecule has 2 heterocycles. The Morgan fingerprint density at radius 3 is 2.67 bits per heavy atom. The molecule has 1 unspecified atom stereocenters. The van der Waals surface area contributed by atoms with Gasteiger partial charge >= 0.3 is 5.97 Å². The number of amides is 1. The summed E-state index contributed by atoms with van der Waals surface area (Å²) in [5.41, 5.74) is 2.55. The number of aryl methyl sites for hydroxylation is 1. The van der Waals surface area contributed by atoms with E-state index < -0.39 is 34.4 Å². The number of rotatable bonds is 8. The summed E-state index contributed by atoms with van der Waals surface area (Å²) >= 11 is 0. The normalized spacial score (nSPS) is 18.3. The van der Waals surface area contributed by atoms with Crippen LogP contribution in [0, 0.1) is 31.1 Å². The molecule has 30 heavy (non-hydrogen) atoms. The zero-order valence-electron chi connectivity index (χ0n) is 17.9. The fraction of sp³-hybridized carbons (Fsp3) is 0.571. The quantitative estimate of drug-likeness (QED) is 0.378. The standard InChI is InChI=1S/C21H29N3O5S/c1-14(2)5-7-24-15(3)9-17(16(24)4)10-18(11-22)21(26)29-12-20(25)23-19-6-8-30(27,28)13-19/h9-10,14,19H,5-8,12-13H2,1-4H3,(H,23,25). The summed E-state index contributed by atoms with van der Waals surface area (Å²) in [7, 11) is -3.12. The minimum absolute atomic E-state index is 0.0363. The molecule has 1 aliphatic heterocycles. The molecule has 0 spiro atoms. The number of aromatic nitrogens is 1. The molecule has 0 aliphatic carbocycles. The van der Waals surface area contributed by atoms with E-state index in [1.54, 1.807) is 0 Å². The molecule has 1 aromatic rings. The van der Waals surface area contributed by atoms with Gasteiger partial charge in [0, 0.05) is 24.0 Å². The third kappa shape index (κ3) is 6.46. The molecule has 0 radical (unpaired) electrons. The summed E-state index contributed by atoms with van der Waals surface area (Å²) in [5, 5.41) is 11.9. The third-order valence-corrected chi connectivity index (χ3v) is 6.88. The van der Waals surface area contributed by atoms with Crippen LogP contribution in [-0.4, -0.2) is 49.0 Å². The lowest BCUT2D eigenvalue weighted by molar-refractivity contribution is -0.144. The van der Waals surface area contributed by atoms with Crippen LogP contribution in [0.5, 0.6) is 0 Å². The van der Waals surface area contributed by atoms with Gasteiger partial charge in [-0.15, -0.1) is 0 Å². The maximum Gasteiger partial charge on any atom is 0.349 e. The van der Waals surface area contributed by atoms with Gasteiger partial charge in [-0.05, 0) is 50.3 Å². The smallest absolute Gasteiger partial charge is 0.349 e. The first kappa shape index (κ1) is 23.7. The van der Waals surface area contributed by atoms with Crippen molar-refractivity contribution in [2.75, 3.05) is 18.1 Å². The van der Waals surface area contributed by atoms with Crippen LogP contribution in [0.1, 0.15) is 43.6 Å². The van der Waals surface area contributed by atoms with E-state index in [1.807, 2.05) is 26.0 Å². The molecule has 164 valence electrons. The maximum atomic E-state index is 12.2. The van der Waals surface area contributed by atoms with E-state index in [1.165, 1.54) is 6.08 Å². The first-order valence-corrected chi connectivity index (χ1v) is 11.8. The number of nitrogens with one attached hydrogen (secondary N) is 1. The summed E-state index contributed by atoms with van der Waals surface area (Å²) in [5.74, 6) is -0.990. The Bertz CT molecular complexity index is 983. The van der Waals surface area contributed by atoms with Crippen molar-refractivity contribution in [3.63, 3.8) is 0 Å². The molecule has 1 saturated heterocycles. The second kappa shape index (κ2) is 9.94. The van der Waals surface area contributed by atoms with Crippen molar-refractivity contribution in [2.45, 2.75) is 53.1 Å². The van der Waals surface area contributed by atoms with E-state index >= 15 is 0 Å². The molecule has 0 saturated carbocycles. The van der Waals surface area contributed by atoms with E-state index in [4.69, 9.17) is 4.74 Å². The average molecular weight is 436 g/mol. The van der Waals surface area contributed by atoms with Crippen LogP contribution in [0.25, 0.3) is 6.08 Å². The minimum atomic E-state index is -3.12. The van der Waals surface area contributed by atoms with Gasteiger partial charge in [0.25, 0.3) is 5.91 Å². The fourth-order valence-corrected chi connectivity index (χ4v) is 5.06. The molecule has 0 bridgehead atoms. The lowest BCUT2D eigenvalue weighted by atomic mass is 10.1. The summed E-state index contributed by atoms with van der Waals surface area (Å²) in [6.07, 6.45) is 2.83. The van der Waals surface area contributed by atoms with Gasteiger partial charge in [-0.25, -0.2) is 13.2 Å². The van der Waals surface area contributed by atoms with Gasteiger partial charge in [-0.3, -0.25) is 4.79 Å². The van der Waals surface area contributed by atoms with Crippen LogP contribution in [-0.2, 0) is 30.7 Å². The van der Waals surface area contributed by atoms with Gasteiger partial charge in [0.1, 0.15) is 11.6 Å². The second-order valence-corrected chi connectivity index (χ2v) is 10.3. The van der Waals surface area contributed by atoms with Crippen molar-refractivity contribution in [3.05, 3.63) is 28.6 Å². The number of ether oxygens (including phenoxy) is 1. The van der Waals surface area contributed by atoms with Crippen LogP contribution in [0.4, 0.5) is 0 Å². The van der Waals surface area contributed by atoms with Crippen LogP contribution in [0.15, 0.2) is 11.6 Å². The SMILES string of the molecule is Cc1cc(C=C(C#N)C(=O)OCC(=O)NC2CCS(=O)(=O)C2)c(C)n1CCC(C)C. The van der Waals surface area contributed by atoms with Gasteiger partial charge < -0.3 is 14.6 Å². The lowest BCUT2D eigenvalue weighted by Gasteiger charge is -2.11. The number of nitrogens with zero attached hydrogens (tertiary/aromatic N) is 2. The van der Waals surface area contributed by atoms with Crippen LogP contribution < -0.4 is 5.32 Å². The highest BCUT2D eigenvalue weighted by atomic mass is 32.2. The molecule has 9 heteroatoms. The van der Waals surface area contributed by atoms with Crippen LogP contribution in [0.3, 0.4) is 0 Å². The molecule has 1 aliphatic rings. The predicted molar refractivity (Wildman–Crippen MR) is 113 cm³/mol. The molecule has 1 fully saturated rings. The van der Waals surface area contributed by atoms with Crippen molar-refractivity contribution in [2.24, 2.45) is 5.92 Å². The highest BCUT2D eigenvalue weighted by Gasteiger charge is 2.29. The Kier molecular flexibility index (Phi) is 7.84. The van der Waals surface area contributed by atoms with Crippen LogP contribution >= 0.6 is 0 Å². The fourth-order valence-electron chi connectivity index (χ4n) is 3.38. The van der Waals surface area contributed by atoms with E-state index in [2.05, 4.69) is 23.7 Å². The molecular formula is C21H29N3O5S. The minimum Gasteiger partial charge on any atom is -0.451 e. The topological polar surface area (TPSA) is 118 Å². The summed E-state index contributed by atoms with van der Waals surface area (Å²) in [6, 6.07) is 3.27. The van der Waals surface area contributed by atoms with E-state index in [0.717, 1.165) is 29.9 Å². The van der Waals surface area contributed by atoms with Crippen molar-refractivity contribution < 1.29 is 22.7 Å². The monoisotopic (exact) mass is 435 g/mol. The maximum absolute atomic E-state index is 12.2. The van der Waals surface area contributed by atoms with E-state index in [9.17, 15) is 23.3 Å². The second-order valence-electron chi connectivity index (χ2n) is 8.07. The molecule has 1 aromatic heterocycles. The van der Waals surface area contributed by atoms with E-state index in [0.29, 0.717) is 12.3 Å². The number of hydrogen-bond acceptors (Lipinski definition) is 6. The number of esters is 1. The number of carbonyl (C=O) groups excluding carboxylic acids is 2. The zero-order chi connectivity index (χ0) is 22.5. The average Bonchev–Trinajstić information content (AvgIpc) is 3.13. The van der Waals surface area contributed by atoms with Gasteiger partial charge in [0.15, 0.2) is 16.4 Å². The lowest BCUT2D eigenvalue weighted by Crippen LogP contribution is -2.38. The van der Waals surface area contributed by atoms with Crippen molar-refractivity contribution in [1.82, 2.24) is 9.88 Å². The van der Waals surface area contributed by atoms with Gasteiger partial charge in [0.05, 0.1) is 11.5 Å². The Hall–Kier alpha value is -2.60. The number of carbonyl (C=O) groups is 2. The van der Waals surface area contributed by atoms with E-state index in [-0.39, 0.29) is 17.1 Å². The zero-order valence-corrected chi connectivity index (χ0v) is 18.7. The molecule has 1 N–H and O–H groups in total. The van der Waals surface area contributed by atoms with Crippen LogP contribution in [0.2, 0.25) is 0 Å².